The number of carbonyl (C=O) groups excluding carboxylic acids is 1. The molecule has 0 aliphatic rings. The normalized spacial score (nSPS) is 11.3. The molecule has 0 aromatic heterocycles. The third kappa shape index (κ3) is 4.58. The largest absolute Gasteiger partial charge is 0.496 e. The number of hydrogen-bond donors (Lipinski definition) is 1. The van der Waals surface area contributed by atoms with E-state index in [9.17, 15) is 13.2 Å². The summed E-state index contributed by atoms with van der Waals surface area (Å²) in [6.45, 7) is 2.22. The van der Waals surface area contributed by atoms with Gasteiger partial charge in [-0.1, -0.05) is 12.1 Å². The smallest absolute Gasteiger partial charge is 0.251 e. The van der Waals surface area contributed by atoms with Gasteiger partial charge in [-0.05, 0) is 42.3 Å². The highest BCUT2D eigenvalue weighted by atomic mass is 32.2. The maximum absolute atomic E-state index is 12.5. The molecule has 2 rings (SSSR count). The van der Waals surface area contributed by atoms with E-state index in [1.54, 1.807) is 7.11 Å². The van der Waals surface area contributed by atoms with Gasteiger partial charge >= 0.3 is 0 Å². The molecule has 0 fully saturated rings. The predicted molar refractivity (Wildman–Crippen MR) is 103 cm³/mol. The first kappa shape index (κ1) is 20.7. The summed E-state index contributed by atoms with van der Waals surface area (Å²) in [7, 11) is 2.08. The van der Waals surface area contributed by atoms with Gasteiger partial charge < -0.3 is 14.8 Å². The Morgan fingerprint density at radius 3 is 2.30 bits per heavy atom. The van der Waals surface area contributed by atoms with E-state index >= 15 is 0 Å². The van der Waals surface area contributed by atoms with Crippen molar-refractivity contribution in [3.63, 3.8) is 0 Å². The van der Waals surface area contributed by atoms with E-state index < -0.39 is 10.0 Å². The second kappa shape index (κ2) is 8.41. The molecule has 0 aliphatic carbocycles. The quantitative estimate of drug-likeness (QED) is 0.781. The second-order valence-electron chi connectivity index (χ2n) is 6.14. The molecule has 0 spiro atoms. The molecule has 27 heavy (non-hydrogen) atoms. The Morgan fingerprint density at radius 2 is 1.70 bits per heavy atom. The number of rotatable bonds is 7. The zero-order valence-electron chi connectivity index (χ0n) is 16.1. The molecule has 8 heteroatoms. The minimum absolute atomic E-state index is 0.0559. The molecule has 1 amide bonds. The molecule has 7 nitrogen and oxygen atoms in total. The van der Waals surface area contributed by atoms with Crippen LogP contribution in [0.25, 0.3) is 0 Å². The SMILES string of the molecule is COc1cc(CNC(=O)c2ccc(OC)c(S(=O)(=O)N(C)C)c2)ccc1C. The van der Waals surface area contributed by atoms with Gasteiger partial charge in [0, 0.05) is 26.2 Å². The van der Waals surface area contributed by atoms with Crippen molar-refractivity contribution in [3.8, 4) is 11.5 Å². The van der Waals surface area contributed by atoms with Gasteiger partial charge in [0.15, 0.2) is 0 Å². The number of nitrogens with zero attached hydrogens (tertiary/aromatic N) is 1. The molecule has 2 aromatic rings. The summed E-state index contributed by atoms with van der Waals surface area (Å²) in [6, 6.07) is 9.98. The highest BCUT2D eigenvalue weighted by Gasteiger charge is 2.23. The lowest BCUT2D eigenvalue weighted by Crippen LogP contribution is -2.25. The lowest BCUT2D eigenvalue weighted by atomic mass is 10.1. The summed E-state index contributed by atoms with van der Waals surface area (Å²) in [5.41, 5.74) is 2.11. The summed E-state index contributed by atoms with van der Waals surface area (Å²) in [5.74, 6) is 0.543. The Morgan fingerprint density at radius 1 is 1.04 bits per heavy atom. The minimum atomic E-state index is -3.74. The van der Waals surface area contributed by atoms with Gasteiger partial charge in [0.25, 0.3) is 5.91 Å². The lowest BCUT2D eigenvalue weighted by molar-refractivity contribution is 0.0950. The molecule has 0 saturated carbocycles. The van der Waals surface area contributed by atoms with Crippen LogP contribution in [0.5, 0.6) is 11.5 Å². The van der Waals surface area contributed by atoms with Crippen LogP contribution in [0.15, 0.2) is 41.3 Å². The number of methoxy groups -OCH3 is 2. The fraction of sp³-hybridized carbons (Fsp3) is 0.316. The number of nitrogens with one attached hydrogen (secondary N) is 1. The Balaban J connectivity index is 2.24. The van der Waals surface area contributed by atoms with E-state index in [2.05, 4.69) is 5.32 Å². The molecule has 1 N–H and O–H groups in total. The van der Waals surface area contributed by atoms with Crippen molar-refractivity contribution in [1.82, 2.24) is 9.62 Å². The van der Waals surface area contributed by atoms with Gasteiger partial charge in [-0.25, -0.2) is 12.7 Å². The van der Waals surface area contributed by atoms with Crippen molar-refractivity contribution >= 4 is 15.9 Å². The first-order valence-corrected chi connectivity index (χ1v) is 9.67. The number of sulfonamides is 1. The fourth-order valence-corrected chi connectivity index (χ4v) is 3.55. The van der Waals surface area contributed by atoms with E-state index in [1.807, 2.05) is 25.1 Å². The number of benzene rings is 2. The summed E-state index contributed by atoms with van der Waals surface area (Å²) in [5, 5.41) is 2.79. The first-order valence-electron chi connectivity index (χ1n) is 8.23. The van der Waals surface area contributed by atoms with Crippen LogP contribution in [0.4, 0.5) is 0 Å². The third-order valence-corrected chi connectivity index (χ3v) is 5.95. The van der Waals surface area contributed by atoms with E-state index in [0.29, 0.717) is 0 Å². The molecule has 0 saturated heterocycles. The molecule has 2 aromatic carbocycles. The van der Waals surface area contributed by atoms with E-state index in [1.165, 1.54) is 39.4 Å². The minimum Gasteiger partial charge on any atom is -0.496 e. The molecule has 0 atom stereocenters. The zero-order chi connectivity index (χ0) is 20.2. The molecule has 0 unspecified atom stereocenters. The van der Waals surface area contributed by atoms with Crippen LogP contribution in [0.2, 0.25) is 0 Å². The Bertz CT molecular complexity index is 939. The van der Waals surface area contributed by atoms with Crippen LogP contribution in [-0.4, -0.2) is 46.9 Å². The number of aryl methyl sites for hydroxylation is 1. The molecule has 0 aliphatic heterocycles. The van der Waals surface area contributed by atoms with Crippen molar-refractivity contribution in [1.29, 1.82) is 0 Å². The van der Waals surface area contributed by atoms with Crippen LogP contribution in [0.1, 0.15) is 21.5 Å². The maximum Gasteiger partial charge on any atom is 0.251 e. The van der Waals surface area contributed by atoms with Crippen molar-refractivity contribution in [2.24, 2.45) is 0 Å². The van der Waals surface area contributed by atoms with Crippen molar-refractivity contribution in [2.45, 2.75) is 18.4 Å². The molecule has 0 heterocycles. The van der Waals surface area contributed by atoms with Gasteiger partial charge in [-0.2, -0.15) is 0 Å². The molecule has 0 radical (unpaired) electrons. The monoisotopic (exact) mass is 392 g/mol. The van der Waals surface area contributed by atoms with E-state index in [0.717, 1.165) is 21.2 Å². The van der Waals surface area contributed by atoms with E-state index in [4.69, 9.17) is 9.47 Å². The molecule has 146 valence electrons. The van der Waals surface area contributed by atoms with Crippen molar-refractivity contribution in [3.05, 3.63) is 53.1 Å². The molecular weight excluding hydrogens is 368 g/mol. The Labute approximate surface area is 160 Å². The van der Waals surface area contributed by atoms with Gasteiger partial charge in [0.05, 0.1) is 14.2 Å². The summed E-state index contributed by atoms with van der Waals surface area (Å²) in [6.07, 6.45) is 0. The van der Waals surface area contributed by atoms with Crippen LogP contribution in [-0.2, 0) is 16.6 Å². The summed E-state index contributed by atoms with van der Waals surface area (Å²) < 4.78 is 36.4. The van der Waals surface area contributed by atoms with Gasteiger partial charge in [-0.3, -0.25) is 4.79 Å². The van der Waals surface area contributed by atoms with Crippen LogP contribution in [0, 0.1) is 6.92 Å². The summed E-state index contributed by atoms with van der Waals surface area (Å²) >= 11 is 0. The van der Waals surface area contributed by atoms with Gasteiger partial charge in [-0.15, -0.1) is 0 Å². The molecule has 0 bridgehead atoms. The highest BCUT2D eigenvalue weighted by Crippen LogP contribution is 2.27. The molecular formula is C19H24N2O5S. The van der Waals surface area contributed by atoms with Gasteiger partial charge in [0.2, 0.25) is 10.0 Å². The van der Waals surface area contributed by atoms with Crippen molar-refractivity contribution in [2.75, 3.05) is 28.3 Å². The lowest BCUT2D eigenvalue weighted by Gasteiger charge is -2.15. The van der Waals surface area contributed by atoms with Crippen LogP contribution < -0.4 is 14.8 Å². The van der Waals surface area contributed by atoms with Crippen LogP contribution >= 0.6 is 0 Å². The topological polar surface area (TPSA) is 84.9 Å². The second-order valence-corrected chi connectivity index (χ2v) is 8.26. The fourth-order valence-electron chi connectivity index (χ4n) is 2.48. The highest BCUT2D eigenvalue weighted by molar-refractivity contribution is 7.89. The zero-order valence-corrected chi connectivity index (χ0v) is 16.9. The standard InChI is InChI=1S/C19H24N2O5S/c1-13-6-7-14(10-17(13)26-5)12-20-19(22)15-8-9-16(25-4)18(11-15)27(23,24)21(2)3/h6-11H,12H2,1-5H3,(H,20,22). The van der Waals surface area contributed by atoms with Crippen molar-refractivity contribution < 1.29 is 22.7 Å². The Hall–Kier alpha value is -2.58. The predicted octanol–water partition coefficient (Wildman–Crippen LogP) is 2.19. The van der Waals surface area contributed by atoms with Crippen LogP contribution in [0.3, 0.4) is 0 Å². The van der Waals surface area contributed by atoms with E-state index in [-0.39, 0.29) is 28.7 Å². The number of carbonyl (C=O) groups is 1. The van der Waals surface area contributed by atoms with Gasteiger partial charge in [0.1, 0.15) is 16.4 Å². The number of ether oxygens (including phenoxy) is 2. The number of amides is 1. The third-order valence-electron chi connectivity index (χ3n) is 4.11. The maximum atomic E-state index is 12.5. The number of hydrogen-bond acceptors (Lipinski definition) is 5. The summed E-state index contributed by atoms with van der Waals surface area (Å²) in [4.78, 5) is 12.4. The Kier molecular flexibility index (Phi) is 6.45. The average molecular weight is 392 g/mol. The first-order chi connectivity index (χ1) is 12.7. The average Bonchev–Trinajstić information content (AvgIpc) is 2.66.